The average Bonchev–Trinajstić information content (AvgIpc) is 3.25. The lowest BCUT2D eigenvalue weighted by molar-refractivity contribution is -0.385. The molecule has 0 spiro atoms. The van der Waals surface area contributed by atoms with Crippen molar-refractivity contribution in [1.29, 1.82) is 0 Å². The second kappa shape index (κ2) is 10.6. The highest BCUT2D eigenvalue weighted by atomic mass is 16.6. The number of benzene rings is 2. The number of morpholine rings is 1. The van der Waals surface area contributed by atoms with E-state index < -0.39 is 9.85 Å². The molecule has 10 nitrogen and oxygen atoms in total. The van der Waals surface area contributed by atoms with Crippen LogP contribution in [0.15, 0.2) is 75.6 Å². The Morgan fingerprint density at radius 2 is 1.56 bits per heavy atom. The van der Waals surface area contributed by atoms with Crippen molar-refractivity contribution in [3.8, 4) is 0 Å². The van der Waals surface area contributed by atoms with E-state index in [4.69, 9.17) is 4.74 Å². The lowest BCUT2D eigenvalue weighted by Gasteiger charge is -2.31. The molecule has 2 aliphatic rings. The zero-order valence-electron chi connectivity index (χ0n) is 18.4. The quantitative estimate of drug-likeness (QED) is 0.343. The highest BCUT2D eigenvalue weighted by Gasteiger charge is 2.25. The van der Waals surface area contributed by atoms with Crippen molar-refractivity contribution in [3.05, 3.63) is 96.7 Å². The summed E-state index contributed by atoms with van der Waals surface area (Å²) in [6.45, 7) is 2.78. The lowest BCUT2D eigenvalue weighted by Crippen LogP contribution is -2.36. The van der Waals surface area contributed by atoms with Gasteiger partial charge in [-0.3, -0.25) is 20.2 Å². The number of hydrogen-bond donors (Lipinski definition) is 0. The lowest BCUT2D eigenvalue weighted by atomic mass is 10.1. The summed E-state index contributed by atoms with van der Waals surface area (Å²) in [5.41, 5.74) is 4.79. The highest BCUT2D eigenvalue weighted by molar-refractivity contribution is 5.85. The van der Waals surface area contributed by atoms with Crippen LogP contribution in [0.25, 0.3) is 6.08 Å². The maximum atomic E-state index is 11.1. The van der Waals surface area contributed by atoms with E-state index in [-0.39, 0.29) is 11.4 Å². The van der Waals surface area contributed by atoms with Gasteiger partial charge in [0.15, 0.2) is 0 Å². The maximum Gasteiger partial charge on any atom is 0.270 e. The van der Waals surface area contributed by atoms with Gasteiger partial charge in [-0.2, -0.15) is 10.2 Å². The molecule has 1 aliphatic carbocycles. The van der Waals surface area contributed by atoms with E-state index in [0.717, 1.165) is 48.3 Å². The normalized spacial score (nSPS) is 17.9. The molecule has 0 saturated carbocycles. The van der Waals surface area contributed by atoms with Crippen LogP contribution >= 0.6 is 0 Å². The first kappa shape index (κ1) is 23.0. The van der Waals surface area contributed by atoms with E-state index >= 15 is 0 Å². The van der Waals surface area contributed by atoms with Gasteiger partial charge >= 0.3 is 0 Å². The molecule has 0 radical (unpaired) electrons. The number of ether oxygens (including phenoxy) is 1. The fraction of sp³-hybridized carbons (Fsp3) is 0.250. The Bertz CT molecular complexity index is 1190. The van der Waals surface area contributed by atoms with Crippen molar-refractivity contribution in [3.63, 3.8) is 0 Å². The van der Waals surface area contributed by atoms with E-state index in [2.05, 4.69) is 15.1 Å². The molecule has 174 valence electrons. The molecule has 34 heavy (non-hydrogen) atoms. The number of nitrogens with zero attached hydrogens (tertiary/aromatic N) is 5. The summed E-state index contributed by atoms with van der Waals surface area (Å²) in [7, 11) is 0. The molecule has 0 bridgehead atoms. The number of nitro groups is 2. The van der Waals surface area contributed by atoms with Crippen molar-refractivity contribution in [1.82, 2.24) is 4.90 Å². The summed E-state index contributed by atoms with van der Waals surface area (Å²) in [4.78, 5) is 23.3. The second-order valence-electron chi connectivity index (χ2n) is 7.83. The molecule has 4 rings (SSSR count). The van der Waals surface area contributed by atoms with Crippen molar-refractivity contribution < 1.29 is 14.6 Å². The van der Waals surface area contributed by atoms with Gasteiger partial charge < -0.3 is 9.64 Å². The van der Waals surface area contributed by atoms with Gasteiger partial charge in [0.05, 0.1) is 35.5 Å². The van der Waals surface area contributed by atoms with Crippen LogP contribution in [0, 0.1) is 20.2 Å². The summed E-state index contributed by atoms with van der Waals surface area (Å²) in [6, 6.07) is 12.7. The Morgan fingerprint density at radius 3 is 2.26 bits per heavy atom. The maximum absolute atomic E-state index is 11.1. The fourth-order valence-electron chi connectivity index (χ4n) is 3.99. The van der Waals surface area contributed by atoms with Crippen LogP contribution in [0.2, 0.25) is 0 Å². The standard InChI is InChI=1S/C24H23N5O5/c30-28(31)22-8-4-18(5-9-22)16-25-26-17-21-7-6-20(24(21)27-10-12-34-13-11-27)14-19-2-1-3-23(15-19)29(32)33/h1-5,8-9,14-17H,6-7,10-13H2/b20-14-,25-16-,26-17-. The Balaban J connectivity index is 1.58. The number of hydrogen-bond acceptors (Lipinski definition) is 8. The molecule has 0 aromatic heterocycles. The van der Waals surface area contributed by atoms with Crippen LogP contribution in [-0.2, 0) is 4.74 Å². The first-order chi connectivity index (χ1) is 16.5. The van der Waals surface area contributed by atoms with E-state index in [1.54, 1.807) is 36.7 Å². The average molecular weight is 461 g/mol. The minimum Gasteiger partial charge on any atom is -0.378 e. The third-order valence-corrected chi connectivity index (χ3v) is 5.61. The first-order valence-electron chi connectivity index (χ1n) is 10.8. The zero-order valence-corrected chi connectivity index (χ0v) is 18.4. The van der Waals surface area contributed by atoms with Gasteiger partial charge in [0.2, 0.25) is 0 Å². The van der Waals surface area contributed by atoms with E-state index in [1.165, 1.54) is 18.2 Å². The second-order valence-corrected chi connectivity index (χ2v) is 7.83. The van der Waals surface area contributed by atoms with E-state index in [1.807, 2.05) is 12.1 Å². The molecule has 10 heteroatoms. The van der Waals surface area contributed by atoms with Crippen LogP contribution in [-0.4, -0.2) is 53.5 Å². The molecule has 1 saturated heterocycles. The summed E-state index contributed by atoms with van der Waals surface area (Å²) in [5.74, 6) is 0. The summed E-state index contributed by atoms with van der Waals surface area (Å²) < 4.78 is 5.50. The molecule has 1 heterocycles. The monoisotopic (exact) mass is 461 g/mol. The fourth-order valence-corrected chi connectivity index (χ4v) is 3.99. The van der Waals surface area contributed by atoms with Gasteiger partial charge in [-0.15, -0.1) is 0 Å². The number of allylic oxidation sites excluding steroid dienone is 2. The minimum atomic E-state index is -0.447. The molecule has 2 aromatic rings. The summed E-state index contributed by atoms with van der Waals surface area (Å²) >= 11 is 0. The van der Waals surface area contributed by atoms with Crippen molar-refractivity contribution in [2.45, 2.75) is 12.8 Å². The molecular weight excluding hydrogens is 438 g/mol. The van der Waals surface area contributed by atoms with Crippen LogP contribution in [0.3, 0.4) is 0 Å². The first-order valence-corrected chi connectivity index (χ1v) is 10.8. The number of nitro benzene ring substituents is 2. The molecular formula is C24H23N5O5. The van der Waals surface area contributed by atoms with Gasteiger partial charge in [-0.1, -0.05) is 12.1 Å². The predicted molar refractivity (Wildman–Crippen MR) is 129 cm³/mol. The van der Waals surface area contributed by atoms with Crippen LogP contribution in [0.1, 0.15) is 24.0 Å². The Kier molecular flexibility index (Phi) is 7.19. The Morgan fingerprint density at radius 1 is 0.853 bits per heavy atom. The van der Waals surface area contributed by atoms with E-state index in [9.17, 15) is 20.2 Å². The third-order valence-electron chi connectivity index (χ3n) is 5.61. The van der Waals surface area contributed by atoms with Crippen LogP contribution in [0.4, 0.5) is 11.4 Å². The molecule has 1 aliphatic heterocycles. The SMILES string of the molecule is O=[N+]([O-])c1ccc(/C=N\N=C/C2=C(N3CCOCC3)C(=C\c3cccc([N+](=O)[O-])c3)/CC2)cc1. The minimum absolute atomic E-state index is 0.0231. The largest absolute Gasteiger partial charge is 0.378 e. The molecule has 0 atom stereocenters. The summed E-state index contributed by atoms with van der Waals surface area (Å²) in [6.07, 6.45) is 6.86. The van der Waals surface area contributed by atoms with Crippen molar-refractivity contribution >= 4 is 29.9 Å². The van der Waals surface area contributed by atoms with Gasteiger partial charge in [0.1, 0.15) is 0 Å². The molecule has 1 fully saturated rings. The molecule has 0 unspecified atom stereocenters. The topological polar surface area (TPSA) is 123 Å². The van der Waals surface area contributed by atoms with Gasteiger partial charge in [0, 0.05) is 43.1 Å². The summed E-state index contributed by atoms with van der Waals surface area (Å²) in [5, 5.41) is 30.2. The molecule has 0 N–H and O–H groups in total. The van der Waals surface area contributed by atoms with Crippen LogP contribution < -0.4 is 0 Å². The van der Waals surface area contributed by atoms with Gasteiger partial charge in [-0.25, -0.2) is 0 Å². The van der Waals surface area contributed by atoms with E-state index in [0.29, 0.717) is 18.8 Å². The molecule has 2 aromatic carbocycles. The molecule has 0 amide bonds. The zero-order chi connectivity index (χ0) is 23.9. The van der Waals surface area contributed by atoms with Crippen LogP contribution in [0.5, 0.6) is 0 Å². The highest BCUT2D eigenvalue weighted by Crippen LogP contribution is 2.35. The van der Waals surface area contributed by atoms with Gasteiger partial charge in [0.25, 0.3) is 11.4 Å². The van der Waals surface area contributed by atoms with Crippen molar-refractivity contribution in [2.75, 3.05) is 26.3 Å². The number of non-ortho nitro benzene ring substituents is 2. The Labute approximate surface area is 195 Å². The third kappa shape index (κ3) is 5.59. The number of rotatable bonds is 7. The predicted octanol–water partition coefficient (Wildman–Crippen LogP) is 4.37. The van der Waals surface area contributed by atoms with Crippen molar-refractivity contribution in [2.24, 2.45) is 10.2 Å². The smallest absolute Gasteiger partial charge is 0.270 e. The Hall–Kier alpha value is -4.18. The van der Waals surface area contributed by atoms with Gasteiger partial charge in [-0.05, 0) is 53.3 Å².